The second kappa shape index (κ2) is 6.20. The molecule has 0 spiro atoms. The third kappa shape index (κ3) is 3.30. The average Bonchev–Trinajstić information content (AvgIpc) is 3.00. The second-order valence-electron chi connectivity index (χ2n) is 5.28. The second-order valence-corrected chi connectivity index (χ2v) is 7.67. The summed E-state index contributed by atoms with van der Waals surface area (Å²) in [6, 6.07) is 8.38. The number of hydrogen-bond acceptors (Lipinski definition) is 4. The zero-order valence-corrected chi connectivity index (χ0v) is 13.5. The first-order chi connectivity index (χ1) is 10.1. The van der Waals surface area contributed by atoms with Gasteiger partial charge in [-0.1, -0.05) is 30.0 Å². The highest BCUT2D eigenvalue weighted by molar-refractivity contribution is 8.14. The fourth-order valence-corrected chi connectivity index (χ4v) is 4.69. The molecule has 1 amide bonds. The maximum absolute atomic E-state index is 12.0. The molecule has 0 saturated carbocycles. The molecule has 1 saturated heterocycles. The van der Waals surface area contributed by atoms with Crippen molar-refractivity contribution in [2.75, 3.05) is 13.1 Å². The molecular formula is C16H17NO2S2. The lowest BCUT2D eigenvalue weighted by molar-refractivity contribution is -0.127. The normalized spacial score (nSPS) is 18.6. The molecule has 1 fully saturated rings. The van der Waals surface area contributed by atoms with Crippen molar-refractivity contribution in [3.63, 3.8) is 0 Å². The van der Waals surface area contributed by atoms with E-state index >= 15 is 0 Å². The number of carbonyl (C=O) groups is 2. The summed E-state index contributed by atoms with van der Waals surface area (Å²) in [5, 5.41) is 3.71. The van der Waals surface area contributed by atoms with Gasteiger partial charge in [0.05, 0.1) is 0 Å². The summed E-state index contributed by atoms with van der Waals surface area (Å²) in [6.07, 6.45) is 1.38. The minimum absolute atomic E-state index is 0.0958. The van der Waals surface area contributed by atoms with Crippen LogP contribution < -0.4 is 0 Å². The smallest absolute Gasteiger partial charge is 0.223 e. The van der Waals surface area contributed by atoms with Crippen molar-refractivity contribution in [1.29, 1.82) is 0 Å². The maximum atomic E-state index is 12.0. The largest absolute Gasteiger partial charge is 0.341 e. The van der Waals surface area contributed by atoms with Crippen molar-refractivity contribution < 1.29 is 9.59 Å². The molecule has 110 valence electrons. The molecule has 21 heavy (non-hydrogen) atoms. The van der Waals surface area contributed by atoms with Crippen LogP contribution in [0.5, 0.6) is 0 Å². The van der Waals surface area contributed by atoms with Gasteiger partial charge in [0.25, 0.3) is 0 Å². The van der Waals surface area contributed by atoms with E-state index in [-0.39, 0.29) is 16.3 Å². The molecule has 3 nitrogen and oxygen atoms in total. The van der Waals surface area contributed by atoms with Gasteiger partial charge in [0, 0.05) is 36.4 Å². The summed E-state index contributed by atoms with van der Waals surface area (Å²) < 4.78 is 1.30. The van der Waals surface area contributed by atoms with Crippen LogP contribution in [0.1, 0.15) is 18.9 Å². The Morgan fingerprint density at radius 2 is 2.24 bits per heavy atom. The lowest BCUT2D eigenvalue weighted by Gasteiger charge is -2.15. The summed E-state index contributed by atoms with van der Waals surface area (Å²) in [7, 11) is 0. The van der Waals surface area contributed by atoms with E-state index in [1.54, 1.807) is 18.3 Å². The van der Waals surface area contributed by atoms with Crippen LogP contribution >= 0.6 is 23.1 Å². The first-order valence-electron chi connectivity index (χ1n) is 7.03. The Morgan fingerprint density at radius 3 is 3.05 bits per heavy atom. The van der Waals surface area contributed by atoms with Crippen LogP contribution in [0.4, 0.5) is 0 Å². The Hall–Kier alpha value is -1.33. The molecule has 1 aromatic carbocycles. The van der Waals surface area contributed by atoms with Crippen LogP contribution in [0.25, 0.3) is 10.1 Å². The number of thiophene rings is 1. The quantitative estimate of drug-likeness (QED) is 0.867. The van der Waals surface area contributed by atoms with Gasteiger partial charge in [-0.2, -0.15) is 0 Å². The van der Waals surface area contributed by atoms with Gasteiger partial charge in [0.1, 0.15) is 0 Å². The number of nitrogens with zero attached hydrogens (tertiary/aromatic N) is 1. The Bertz CT molecular complexity index is 680. The minimum Gasteiger partial charge on any atom is -0.341 e. The van der Waals surface area contributed by atoms with Crippen molar-refractivity contribution in [3.05, 3.63) is 35.2 Å². The fraction of sp³-hybridized carbons (Fsp3) is 0.375. The lowest BCUT2D eigenvalue weighted by atomic mass is 10.1. The number of thioether (sulfide) groups is 1. The number of hydrogen-bond donors (Lipinski definition) is 0. The first kappa shape index (κ1) is 14.6. The zero-order valence-electron chi connectivity index (χ0n) is 11.9. The van der Waals surface area contributed by atoms with Gasteiger partial charge in [-0.25, -0.2) is 0 Å². The molecule has 2 aromatic rings. The van der Waals surface area contributed by atoms with Crippen LogP contribution in [-0.2, 0) is 16.0 Å². The third-order valence-electron chi connectivity index (χ3n) is 3.72. The Balaban J connectivity index is 1.63. The molecule has 5 heteroatoms. The van der Waals surface area contributed by atoms with Gasteiger partial charge in [-0.3, -0.25) is 9.59 Å². The Kier molecular flexibility index (Phi) is 4.31. The predicted octanol–water partition coefficient (Wildman–Crippen LogP) is 3.32. The summed E-state index contributed by atoms with van der Waals surface area (Å²) in [5.74, 6) is 0.174. The molecule has 0 aliphatic carbocycles. The third-order valence-corrected chi connectivity index (χ3v) is 5.72. The molecule has 1 aliphatic rings. The van der Waals surface area contributed by atoms with E-state index in [2.05, 4.69) is 29.6 Å². The highest BCUT2D eigenvalue weighted by atomic mass is 32.2. The standard InChI is InChI=1S/C16H17NO2S2/c1-11(18)21-13-8-16(19)17(9-13)7-6-12-10-20-15-5-3-2-4-14(12)15/h2-5,10,13H,6-9H2,1H3. The Labute approximate surface area is 132 Å². The molecule has 1 aliphatic heterocycles. The molecule has 1 atom stereocenters. The first-order valence-corrected chi connectivity index (χ1v) is 8.79. The van der Waals surface area contributed by atoms with Crippen LogP contribution in [-0.4, -0.2) is 34.3 Å². The molecule has 3 rings (SSSR count). The lowest BCUT2D eigenvalue weighted by Crippen LogP contribution is -2.27. The highest BCUT2D eigenvalue weighted by Gasteiger charge is 2.30. The van der Waals surface area contributed by atoms with Crippen LogP contribution in [0, 0.1) is 0 Å². The summed E-state index contributed by atoms with van der Waals surface area (Å²) in [5.41, 5.74) is 1.31. The van der Waals surface area contributed by atoms with Crippen molar-refractivity contribution >= 4 is 44.2 Å². The number of rotatable bonds is 4. The van der Waals surface area contributed by atoms with Gasteiger partial charge in [-0.05, 0) is 28.8 Å². The van der Waals surface area contributed by atoms with Gasteiger partial charge in [-0.15, -0.1) is 11.3 Å². The van der Waals surface area contributed by atoms with Crippen molar-refractivity contribution in [3.8, 4) is 0 Å². The number of likely N-dealkylation sites (tertiary alicyclic amines) is 1. The molecule has 1 aromatic heterocycles. The van der Waals surface area contributed by atoms with Crippen molar-refractivity contribution in [1.82, 2.24) is 4.90 Å². The number of benzene rings is 1. The number of fused-ring (bicyclic) bond motifs is 1. The summed E-state index contributed by atoms with van der Waals surface area (Å²) in [4.78, 5) is 25.0. The van der Waals surface area contributed by atoms with E-state index < -0.39 is 0 Å². The predicted molar refractivity (Wildman–Crippen MR) is 88.8 cm³/mol. The van der Waals surface area contributed by atoms with Crippen LogP contribution in [0.2, 0.25) is 0 Å². The zero-order chi connectivity index (χ0) is 14.8. The molecule has 2 heterocycles. The van der Waals surface area contributed by atoms with E-state index in [0.29, 0.717) is 13.0 Å². The summed E-state index contributed by atoms with van der Waals surface area (Å²) in [6.45, 7) is 3.01. The molecular weight excluding hydrogens is 302 g/mol. The van der Waals surface area contributed by atoms with E-state index in [1.807, 2.05) is 4.90 Å². The van der Waals surface area contributed by atoms with Crippen LogP contribution in [0.3, 0.4) is 0 Å². The monoisotopic (exact) mass is 319 g/mol. The Morgan fingerprint density at radius 1 is 1.43 bits per heavy atom. The van der Waals surface area contributed by atoms with Crippen molar-refractivity contribution in [2.45, 2.75) is 25.0 Å². The number of carbonyl (C=O) groups excluding carboxylic acids is 2. The number of amides is 1. The molecule has 0 N–H and O–H groups in total. The maximum Gasteiger partial charge on any atom is 0.223 e. The SMILES string of the molecule is CC(=O)SC1CC(=O)N(CCc2csc3ccccc23)C1. The van der Waals surface area contributed by atoms with E-state index in [0.717, 1.165) is 13.0 Å². The minimum atomic E-state index is 0.0958. The van der Waals surface area contributed by atoms with Gasteiger partial charge < -0.3 is 4.90 Å². The molecule has 1 unspecified atom stereocenters. The summed E-state index contributed by atoms with van der Waals surface area (Å²) >= 11 is 3.05. The van der Waals surface area contributed by atoms with Crippen molar-refractivity contribution in [2.24, 2.45) is 0 Å². The van der Waals surface area contributed by atoms with E-state index in [9.17, 15) is 9.59 Å². The topological polar surface area (TPSA) is 37.4 Å². The van der Waals surface area contributed by atoms with Gasteiger partial charge >= 0.3 is 0 Å². The average molecular weight is 319 g/mol. The van der Waals surface area contributed by atoms with E-state index in [1.165, 1.54) is 27.4 Å². The molecule has 0 radical (unpaired) electrons. The van der Waals surface area contributed by atoms with E-state index in [4.69, 9.17) is 0 Å². The highest BCUT2D eigenvalue weighted by Crippen LogP contribution is 2.28. The van der Waals surface area contributed by atoms with Crippen LogP contribution in [0.15, 0.2) is 29.6 Å². The van der Waals surface area contributed by atoms with Gasteiger partial charge in [0.15, 0.2) is 5.12 Å². The van der Waals surface area contributed by atoms with Gasteiger partial charge in [0.2, 0.25) is 5.91 Å². The molecule has 0 bridgehead atoms. The fourth-order valence-electron chi connectivity index (χ4n) is 2.75.